The Labute approximate surface area is 145 Å². The second-order valence-electron chi connectivity index (χ2n) is 6.07. The van der Waals surface area contributed by atoms with Crippen molar-refractivity contribution in [2.75, 3.05) is 39.4 Å². The van der Waals surface area contributed by atoms with Crippen LogP contribution in [-0.4, -0.2) is 60.3 Å². The minimum Gasteiger partial charge on any atom is -0.467 e. The van der Waals surface area contributed by atoms with Gasteiger partial charge in [-0.15, -0.1) is 0 Å². The van der Waals surface area contributed by atoms with Crippen LogP contribution in [0.5, 0.6) is 0 Å². The zero-order chi connectivity index (χ0) is 16.5. The fraction of sp³-hybridized carbons (Fsp3) is 0.706. The SMILES string of the molecule is CC[C@H](C)NC(=S)N(CCCN1CCOCC1)Cc1ccco1. The van der Waals surface area contributed by atoms with E-state index in [0.29, 0.717) is 6.04 Å². The first-order valence-electron chi connectivity index (χ1n) is 8.57. The Morgan fingerprint density at radius 3 is 2.87 bits per heavy atom. The first-order chi connectivity index (χ1) is 11.2. The van der Waals surface area contributed by atoms with Gasteiger partial charge in [0.15, 0.2) is 5.11 Å². The smallest absolute Gasteiger partial charge is 0.169 e. The molecule has 0 saturated carbocycles. The van der Waals surface area contributed by atoms with Crippen LogP contribution in [0.2, 0.25) is 0 Å². The van der Waals surface area contributed by atoms with Gasteiger partial charge >= 0.3 is 0 Å². The van der Waals surface area contributed by atoms with Crippen molar-refractivity contribution in [3.63, 3.8) is 0 Å². The first kappa shape index (κ1) is 18.2. The van der Waals surface area contributed by atoms with Gasteiger partial charge in [-0.2, -0.15) is 0 Å². The minimum atomic E-state index is 0.390. The van der Waals surface area contributed by atoms with E-state index in [1.807, 2.05) is 12.1 Å². The molecular weight excluding hydrogens is 310 g/mol. The van der Waals surface area contributed by atoms with E-state index in [2.05, 4.69) is 29.0 Å². The lowest BCUT2D eigenvalue weighted by Crippen LogP contribution is -2.44. The topological polar surface area (TPSA) is 40.9 Å². The zero-order valence-corrected chi connectivity index (χ0v) is 15.1. The van der Waals surface area contributed by atoms with E-state index in [1.54, 1.807) is 6.26 Å². The molecule has 23 heavy (non-hydrogen) atoms. The van der Waals surface area contributed by atoms with E-state index in [4.69, 9.17) is 21.4 Å². The molecule has 0 spiro atoms. The zero-order valence-electron chi connectivity index (χ0n) is 14.3. The van der Waals surface area contributed by atoms with Crippen LogP contribution in [0.25, 0.3) is 0 Å². The van der Waals surface area contributed by atoms with Crippen molar-refractivity contribution in [2.45, 2.75) is 39.3 Å². The standard InChI is InChI=1S/C17H29N3O2S/c1-3-15(2)18-17(23)20(14-16-6-4-11-22-16)8-5-7-19-9-12-21-13-10-19/h4,6,11,15H,3,5,7-10,12-14H2,1-2H3,(H,18,23)/t15-/m0/s1. The molecule has 5 nitrogen and oxygen atoms in total. The fourth-order valence-corrected chi connectivity index (χ4v) is 2.91. The molecule has 0 amide bonds. The Bertz CT molecular complexity index is 447. The summed E-state index contributed by atoms with van der Waals surface area (Å²) in [6.45, 7) is 10.8. The van der Waals surface area contributed by atoms with Crippen LogP contribution in [0.15, 0.2) is 22.8 Å². The third-order valence-electron chi connectivity index (χ3n) is 4.20. The van der Waals surface area contributed by atoms with Gasteiger partial charge in [0.1, 0.15) is 5.76 Å². The second kappa shape index (κ2) is 9.90. The van der Waals surface area contributed by atoms with E-state index in [0.717, 1.165) is 69.7 Å². The molecule has 0 unspecified atom stereocenters. The average Bonchev–Trinajstić information content (AvgIpc) is 3.07. The van der Waals surface area contributed by atoms with Gasteiger partial charge in [-0.3, -0.25) is 4.90 Å². The van der Waals surface area contributed by atoms with Gasteiger partial charge in [0.2, 0.25) is 0 Å². The molecule has 130 valence electrons. The summed E-state index contributed by atoms with van der Waals surface area (Å²) in [4.78, 5) is 4.67. The summed E-state index contributed by atoms with van der Waals surface area (Å²) in [5, 5.41) is 4.23. The van der Waals surface area contributed by atoms with E-state index in [-0.39, 0.29) is 0 Å². The van der Waals surface area contributed by atoms with Crippen molar-refractivity contribution in [2.24, 2.45) is 0 Å². The lowest BCUT2D eigenvalue weighted by Gasteiger charge is -2.30. The van der Waals surface area contributed by atoms with E-state index >= 15 is 0 Å². The lowest BCUT2D eigenvalue weighted by molar-refractivity contribution is 0.0367. The maximum absolute atomic E-state index is 5.60. The van der Waals surface area contributed by atoms with Crippen LogP contribution in [0, 0.1) is 0 Å². The highest BCUT2D eigenvalue weighted by Crippen LogP contribution is 2.08. The van der Waals surface area contributed by atoms with Crippen LogP contribution in [-0.2, 0) is 11.3 Å². The molecule has 2 rings (SSSR count). The van der Waals surface area contributed by atoms with Crippen LogP contribution in [0.4, 0.5) is 0 Å². The molecule has 0 aliphatic carbocycles. The van der Waals surface area contributed by atoms with Crippen molar-refractivity contribution in [3.05, 3.63) is 24.2 Å². The van der Waals surface area contributed by atoms with Gasteiger partial charge in [0, 0.05) is 32.2 Å². The third kappa shape index (κ3) is 6.49. The monoisotopic (exact) mass is 339 g/mol. The number of nitrogens with zero attached hydrogens (tertiary/aromatic N) is 2. The quantitative estimate of drug-likeness (QED) is 0.734. The van der Waals surface area contributed by atoms with Crippen LogP contribution >= 0.6 is 12.2 Å². The van der Waals surface area contributed by atoms with Crippen molar-refractivity contribution in [3.8, 4) is 0 Å². The van der Waals surface area contributed by atoms with Gasteiger partial charge in [0.05, 0.1) is 26.0 Å². The summed E-state index contributed by atoms with van der Waals surface area (Å²) in [6.07, 6.45) is 3.86. The molecule has 6 heteroatoms. The molecule has 1 fully saturated rings. The van der Waals surface area contributed by atoms with E-state index in [9.17, 15) is 0 Å². The number of ether oxygens (including phenoxy) is 1. The third-order valence-corrected chi connectivity index (χ3v) is 4.58. The van der Waals surface area contributed by atoms with Crippen molar-refractivity contribution < 1.29 is 9.15 Å². The summed E-state index contributed by atoms with van der Waals surface area (Å²) in [5.41, 5.74) is 0. The highest BCUT2D eigenvalue weighted by Gasteiger charge is 2.15. The summed E-state index contributed by atoms with van der Waals surface area (Å²) >= 11 is 5.60. The summed E-state index contributed by atoms with van der Waals surface area (Å²) < 4.78 is 10.9. The molecule has 0 radical (unpaired) electrons. The predicted molar refractivity (Wildman–Crippen MR) is 96.5 cm³/mol. The van der Waals surface area contributed by atoms with Gasteiger partial charge in [-0.05, 0) is 44.1 Å². The highest BCUT2D eigenvalue weighted by atomic mass is 32.1. The number of furan rings is 1. The largest absolute Gasteiger partial charge is 0.467 e. The van der Waals surface area contributed by atoms with Crippen LogP contribution in [0.3, 0.4) is 0 Å². The normalized spacial score (nSPS) is 17.0. The van der Waals surface area contributed by atoms with Crippen LogP contribution < -0.4 is 5.32 Å². The Kier molecular flexibility index (Phi) is 7.85. The Balaban J connectivity index is 1.83. The molecule has 1 aliphatic rings. The van der Waals surface area contributed by atoms with Crippen molar-refractivity contribution in [1.29, 1.82) is 0 Å². The van der Waals surface area contributed by atoms with Crippen molar-refractivity contribution in [1.82, 2.24) is 15.1 Å². The number of thiocarbonyl (C=S) groups is 1. The summed E-state index contributed by atoms with van der Waals surface area (Å²) in [5.74, 6) is 0.949. The molecule has 0 aromatic carbocycles. The second-order valence-corrected chi connectivity index (χ2v) is 6.45. The highest BCUT2D eigenvalue weighted by molar-refractivity contribution is 7.80. The van der Waals surface area contributed by atoms with Gasteiger partial charge < -0.3 is 19.4 Å². The molecule has 1 aliphatic heterocycles. The number of morpholine rings is 1. The van der Waals surface area contributed by atoms with Gasteiger partial charge in [0.25, 0.3) is 0 Å². The number of hydrogen-bond acceptors (Lipinski definition) is 4. The number of hydrogen-bond donors (Lipinski definition) is 1. The molecule has 1 aromatic heterocycles. The molecule has 1 aromatic rings. The predicted octanol–water partition coefficient (Wildman–Crippen LogP) is 2.48. The molecule has 1 N–H and O–H groups in total. The minimum absolute atomic E-state index is 0.390. The summed E-state index contributed by atoms with van der Waals surface area (Å²) in [7, 11) is 0. The van der Waals surface area contributed by atoms with E-state index < -0.39 is 0 Å². The Hall–Kier alpha value is -1.11. The molecule has 2 heterocycles. The van der Waals surface area contributed by atoms with Crippen LogP contribution in [0.1, 0.15) is 32.4 Å². The first-order valence-corrected chi connectivity index (χ1v) is 8.97. The average molecular weight is 340 g/mol. The number of nitrogens with one attached hydrogen (secondary N) is 1. The molecular formula is C17H29N3O2S. The van der Waals surface area contributed by atoms with E-state index in [1.165, 1.54) is 0 Å². The molecule has 0 bridgehead atoms. The molecule has 1 atom stereocenters. The Morgan fingerprint density at radius 2 is 2.22 bits per heavy atom. The Morgan fingerprint density at radius 1 is 1.43 bits per heavy atom. The fourth-order valence-electron chi connectivity index (χ4n) is 2.56. The maximum Gasteiger partial charge on any atom is 0.169 e. The summed E-state index contributed by atoms with van der Waals surface area (Å²) in [6, 6.07) is 4.31. The molecule has 1 saturated heterocycles. The maximum atomic E-state index is 5.60. The lowest BCUT2D eigenvalue weighted by atomic mass is 10.2. The van der Waals surface area contributed by atoms with Gasteiger partial charge in [-0.1, -0.05) is 6.92 Å². The number of rotatable bonds is 8. The van der Waals surface area contributed by atoms with Crippen molar-refractivity contribution >= 4 is 17.3 Å². The van der Waals surface area contributed by atoms with Gasteiger partial charge in [-0.25, -0.2) is 0 Å².